The van der Waals surface area contributed by atoms with Crippen LogP contribution in [0.4, 0.5) is 0 Å². The van der Waals surface area contributed by atoms with Crippen molar-refractivity contribution >= 4 is 11.6 Å². The molecule has 0 aliphatic heterocycles. The van der Waals surface area contributed by atoms with Gasteiger partial charge in [-0.15, -0.1) is 0 Å². The fraction of sp³-hybridized carbons (Fsp3) is 0.600. The molecule has 1 aromatic carbocycles. The quantitative estimate of drug-likeness (QED) is 0.671. The molecule has 0 aliphatic carbocycles. The molecule has 1 unspecified atom stereocenters. The Balaban J connectivity index is 2.46. The van der Waals surface area contributed by atoms with Gasteiger partial charge in [-0.2, -0.15) is 0 Å². The molecular weight excluding hydrogens is 262 g/mol. The van der Waals surface area contributed by atoms with Gasteiger partial charge in [-0.1, -0.05) is 36.7 Å². The molecule has 1 atom stereocenters. The summed E-state index contributed by atoms with van der Waals surface area (Å²) in [5.41, 5.74) is 1.16. The molecule has 0 radical (unpaired) electrons. The van der Waals surface area contributed by atoms with Crippen LogP contribution in [-0.4, -0.2) is 39.5 Å². The lowest BCUT2D eigenvalue weighted by atomic mass is 10.1. The number of methoxy groups -OCH3 is 1. The van der Waals surface area contributed by atoms with E-state index in [0.29, 0.717) is 19.8 Å². The Hall–Kier alpha value is -0.610. The summed E-state index contributed by atoms with van der Waals surface area (Å²) in [7, 11) is 1.68. The second kappa shape index (κ2) is 10.2. The Bertz CT molecular complexity index is 347. The van der Waals surface area contributed by atoms with Crippen molar-refractivity contribution in [2.45, 2.75) is 25.8 Å². The van der Waals surface area contributed by atoms with E-state index in [0.717, 1.165) is 30.0 Å². The number of nitrogens with one attached hydrogen (secondary N) is 1. The second-order valence-electron chi connectivity index (χ2n) is 4.51. The molecule has 0 heterocycles. The van der Waals surface area contributed by atoms with Crippen molar-refractivity contribution in [3.05, 3.63) is 34.9 Å². The van der Waals surface area contributed by atoms with Crippen molar-refractivity contribution in [1.29, 1.82) is 0 Å². The van der Waals surface area contributed by atoms with Crippen molar-refractivity contribution in [2.24, 2.45) is 0 Å². The molecule has 0 fully saturated rings. The predicted molar refractivity (Wildman–Crippen MR) is 79.9 cm³/mol. The van der Waals surface area contributed by atoms with Crippen LogP contribution >= 0.6 is 11.6 Å². The summed E-state index contributed by atoms with van der Waals surface area (Å²) in [4.78, 5) is 0. The van der Waals surface area contributed by atoms with Crippen molar-refractivity contribution in [3.63, 3.8) is 0 Å². The third-order valence-corrected chi connectivity index (χ3v) is 3.23. The minimum absolute atomic E-state index is 0.289. The Morgan fingerprint density at radius 1 is 1.26 bits per heavy atom. The van der Waals surface area contributed by atoms with Gasteiger partial charge < -0.3 is 14.8 Å². The van der Waals surface area contributed by atoms with E-state index in [2.05, 4.69) is 18.3 Å². The highest BCUT2D eigenvalue weighted by Crippen LogP contribution is 2.16. The zero-order valence-electron chi connectivity index (χ0n) is 11.8. The van der Waals surface area contributed by atoms with Crippen molar-refractivity contribution < 1.29 is 9.47 Å². The van der Waals surface area contributed by atoms with Crippen molar-refractivity contribution in [2.75, 3.05) is 33.5 Å². The van der Waals surface area contributed by atoms with Crippen molar-refractivity contribution in [1.82, 2.24) is 5.32 Å². The van der Waals surface area contributed by atoms with Gasteiger partial charge in [0, 0.05) is 18.2 Å². The Morgan fingerprint density at radius 3 is 2.74 bits per heavy atom. The first-order chi connectivity index (χ1) is 9.27. The lowest BCUT2D eigenvalue weighted by Crippen LogP contribution is -2.36. The zero-order chi connectivity index (χ0) is 13.9. The van der Waals surface area contributed by atoms with Gasteiger partial charge in [0.2, 0.25) is 0 Å². The lowest BCUT2D eigenvalue weighted by molar-refractivity contribution is 0.0587. The monoisotopic (exact) mass is 285 g/mol. The highest BCUT2D eigenvalue weighted by atomic mass is 35.5. The van der Waals surface area contributed by atoms with Gasteiger partial charge >= 0.3 is 0 Å². The first-order valence-corrected chi connectivity index (χ1v) is 7.19. The number of halogens is 1. The molecule has 0 saturated carbocycles. The number of ether oxygens (including phenoxy) is 2. The average Bonchev–Trinajstić information content (AvgIpc) is 2.43. The summed E-state index contributed by atoms with van der Waals surface area (Å²) < 4.78 is 10.6. The number of rotatable bonds is 10. The van der Waals surface area contributed by atoms with Crippen LogP contribution in [0.1, 0.15) is 18.9 Å². The largest absolute Gasteiger partial charge is 0.382 e. The van der Waals surface area contributed by atoms with Gasteiger partial charge in [-0.05, 0) is 31.0 Å². The molecule has 0 bridgehead atoms. The summed E-state index contributed by atoms with van der Waals surface area (Å²) in [6.45, 7) is 5.08. The fourth-order valence-electron chi connectivity index (χ4n) is 1.84. The standard InChI is InChI=1S/C15H24ClNO2/c1-3-8-17-14(12-19-10-9-18-2)11-13-6-4-5-7-15(13)16/h4-7,14,17H,3,8-12H2,1-2H3. The Morgan fingerprint density at radius 2 is 2.05 bits per heavy atom. The van der Waals surface area contributed by atoms with E-state index in [4.69, 9.17) is 21.1 Å². The smallest absolute Gasteiger partial charge is 0.0701 e. The van der Waals surface area contributed by atoms with E-state index in [1.807, 2.05) is 18.2 Å². The normalized spacial score (nSPS) is 12.6. The topological polar surface area (TPSA) is 30.5 Å². The van der Waals surface area contributed by atoms with E-state index < -0.39 is 0 Å². The molecule has 1 N–H and O–H groups in total. The molecular formula is C15H24ClNO2. The summed E-state index contributed by atoms with van der Waals surface area (Å²) in [6, 6.07) is 8.26. The minimum Gasteiger partial charge on any atom is -0.382 e. The minimum atomic E-state index is 0.289. The number of benzene rings is 1. The van der Waals surface area contributed by atoms with Crippen LogP contribution in [0.5, 0.6) is 0 Å². The first-order valence-electron chi connectivity index (χ1n) is 6.81. The van der Waals surface area contributed by atoms with Gasteiger partial charge in [-0.25, -0.2) is 0 Å². The second-order valence-corrected chi connectivity index (χ2v) is 4.92. The molecule has 4 heteroatoms. The maximum absolute atomic E-state index is 6.20. The molecule has 0 saturated heterocycles. The Labute approximate surface area is 121 Å². The third kappa shape index (κ3) is 6.92. The summed E-state index contributed by atoms with van der Waals surface area (Å²) in [5.74, 6) is 0. The lowest BCUT2D eigenvalue weighted by Gasteiger charge is -2.19. The van der Waals surface area contributed by atoms with Gasteiger partial charge in [0.05, 0.1) is 19.8 Å². The summed E-state index contributed by atoms with van der Waals surface area (Å²) in [6.07, 6.45) is 1.99. The van der Waals surface area contributed by atoms with Crippen LogP contribution < -0.4 is 5.32 Å². The van der Waals surface area contributed by atoms with Gasteiger partial charge in [0.25, 0.3) is 0 Å². The molecule has 108 valence electrons. The molecule has 0 amide bonds. The first kappa shape index (κ1) is 16.4. The highest BCUT2D eigenvalue weighted by Gasteiger charge is 2.11. The molecule has 0 spiro atoms. The molecule has 0 aromatic heterocycles. The van der Waals surface area contributed by atoms with E-state index in [-0.39, 0.29) is 6.04 Å². The van der Waals surface area contributed by atoms with E-state index in [1.54, 1.807) is 7.11 Å². The van der Waals surface area contributed by atoms with Crippen LogP contribution in [0.2, 0.25) is 5.02 Å². The Kier molecular flexibility index (Phi) is 8.84. The van der Waals surface area contributed by atoms with Crippen LogP contribution in [-0.2, 0) is 15.9 Å². The van der Waals surface area contributed by atoms with Gasteiger partial charge in [0.15, 0.2) is 0 Å². The summed E-state index contributed by atoms with van der Waals surface area (Å²) in [5, 5.41) is 4.32. The zero-order valence-corrected chi connectivity index (χ0v) is 12.6. The number of hydrogen-bond donors (Lipinski definition) is 1. The van der Waals surface area contributed by atoms with E-state index in [9.17, 15) is 0 Å². The van der Waals surface area contributed by atoms with Crippen LogP contribution in [0, 0.1) is 0 Å². The maximum atomic E-state index is 6.20. The maximum Gasteiger partial charge on any atom is 0.0701 e. The highest BCUT2D eigenvalue weighted by molar-refractivity contribution is 6.31. The van der Waals surface area contributed by atoms with E-state index in [1.165, 1.54) is 0 Å². The molecule has 3 nitrogen and oxygen atoms in total. The number of hydrogen-bond acceptors (Lipinski definition) is 3. The molecule has 1 rings (SSSR count). The van der Waals surface area contributed by atoms with Crippen LogP contribution in [0.3, 0.4) is 0 Å². The fourth-order valence-corrected chi connectivity index (χ4v) is 2.05. The molecule has 0 aliphatic rings. The van der Waals surface area contributed by atoms with Crippen LogP contribution in [0.15, 0.2) is 24.3 Å². The summed E-state index contributed by atoms with van der Waals surface area (Å²) >= 11 is 6.20. The van der Waals surface area contributed by atoms with Gasteiger partial charge in [0.1, 0.15) is 0 Å². The molecule has 19 heavy (non-hydrogen) atoms. The SMILES string of the molecule is CCCNC(COCCOC)Cc1ccccc1Cl. The van der Waals surface area contributed by atoms with Crippen LogP contribution in [0.25, 0.3) is 0 Å². The molecule has 1 aromatic rings. The van der Waals surface area contributed by atoms with Gasteiger partial charge in [-0.3, -0.25) is 0 Å². The van der Waals surface area contributed by atoms with E-state index >= 15 is 0 Å². The van der Waals surface area contributed by atoms with Crippen molar-refractivity contribution in [3.8, 4) is 0 Å². The predicted octanol–water partition coefficient (Wildman–Crippen LogP) is 2.91. The third-order valence-electron chi connectivity index (χ3n) is 2.86. The average molecular weight is 286 g/mol.